The van der Waals surface area contributed by atoms with Gasteiger partial charge in [0.2, 0.25) is 5.88 Å². The van der Waals surface area contributed by atoms with Crippen LogP contribution in [0.1, 0.15) is 36.5 Å². The van der Waals surface area contributed by atoms with E-state index in [4.69, 9.17) is 4.99 Å². The molecule has 0 saturated carbocycles. The van der Waals surface area contributed by atoms with E-state index in [0.717, 1.165) is 36.0 Å². The summed E-state index contributed by atoms with van der Waals surface area (Å²) in [5, 5.41) is 12.5. The van der Waals surface area contributed by atoms with Gasteiger partial charge in [0.25, 0.3) is 5.56 Å². The van der Waals surface area contributed by atoms with E-state index in [1.54, 1.807) is 6.21 Å². The molecule has 1 aromatic heterocycles. The van der Waals surface area contributed by atoms with Crippen LogP contribution in [0.25, 0.3) is 16.5 Å². The Morgan fingerprint density at radius 3 is 2.53 bits per heavy atom. The molecule has 0 aliphatic carbocycles. The van der Waals surface area contributed by atoms with Gasteiger partial charge in [-0.15, -0.1) is 0 Å². The van der Waals surface area contributed by atoms with E-state index < -0.39 is 0 Å². The van der Waals surface area contributed by atoms with Crippen molar-refractivity contribution in [2.24, 2.45) is 4.99 Å². The first kappa shape index (κ1) is 20.4. The smallest absolute Gasteiger partial charge is 0.265 e. The Morgan fingerprint density at radius 2 is 1.83 bits per heavy atom. The Morgan fingerprint density at radius 1 is 1.13 bits per heavy atom. The van der Waals surface area contributed by atoms with E-state index >= 15 is 0 Å². The summed E-state index contributed by atoms with van der Waals surface area (Å²) < 4.78 is 1.40. The Labute approximate surface area is 177 Å². The molecule has 5 heteroatoms. The molecule has 1 aliphatic rings. The minimum atomic E-state index is -0.224. The number of rotatable bonds is 5. The molecule has 30 heavy (non-hydrogen) atoms. The number of aromatic hydroxyl groups is 1. The summed E-state index contributed by atoms with van der Waals surface area (Å²) in [6.45, 7) is 9.02. The second-order valence-corrected chi connectivity index (χ2v) is 8.19. The summed E-state index contributed by atoms with van der Waals surface area (Å²) in [5.41, 5.74) is 3.12. The minimum Gasteiger partial charge on any atom is -0.494 e. The Kier molecular flexibility index (Phi) is 5.73. The molecule has 1 N–H and O–H groups in total. The van der Waals surface area contributed by atoms with E-state index in [-0.39, 0.29) is 11.4 Å². The molecule has 2 aromatic carbocycles. The average molecular weight is 404 g/mol. The standard InChI is InChI=1S/C25H29N3O2/c1-4-27-11-7-8-19(27)15-26-16-23-21-9-5-6-10-22(21)24(29)28(25(23)30)20-13-17(2)12-18(3)14-20/h5-6,9-10,12-14,16,19,30H,4,7-8,11,15H2,1-3H3. The first-order valence-electron chi connectivity index (χ1n) is 10.7. The first-order valence-corrected chi connectivity index (χ1v) is 10.7. The van der Waals surface area contributed by atoms with Gasteiger partial charge < -0.3 is 5.11 Å². The van der Waals surface area contributed by atoms with Crippen LogP contribution in [0.5, 0.6) is 5.88 Å². The summed E-state index contributed by atoms with van der Waals surface area (Å²) in [5.74, 6) is -0.0637. The summed E-state index contributed by atoms with van der Waals surface area (Å²) in [6.07, 6.45) is 4.10. The lowest BCUT2D eigenvalue weighted by molar-refractivity contribution is 0.273. The average Bonchev–Trinajstić information content (AvgIpc) is 3.17. The van der Waals surface area contributed by atoms with Gasteiger partial charge in [0.15, 0.2) is 0 Å². The van der Waals surface area contributed by atoms with Gasteiger partial charge in [-0.3, -0.25) is 14.7 Å². The molecule has 1 atom stereocenters. The highest BCUT2D eigenvalue weighted by Gasteiger charge is 2.22. The fraction of sp³-hybridized carbons (Fsp3) is 0.360. The van der Waals surface area contributed by atoms with Crippen molar-refractivity contribution in [1.82, 2.24) is 9.47 Å². The molecule has 1 fully saturated rings. The third-order valence-electron chi connectivity index (χ3n) is 6.01. The lowest BCUT2D eigenvalue weighted by Gasteiger charge is -2.20. The van der Waals surface area contributed by atoms with E-state index in [9.17, 15) is 9.90 Å². The van der Waals surface area contributed by atoms with Crippen LogP contribution in [0, 0.1) is 13.8 Å². The number of likely N-dealkylation sites (N-methyl/N-ethyl adjacent to an activating group) is 1. The molecule has 5 nitrogen and oxygen atoms in total. The third kappa shape index (κ3) is 3.77. The van der Waals surface area contributed by atoms with Gasteiger partial charge in [0, 0.05) is 23.0 Å². The molecule has 4 rings (SSSR count). The van der Waals surface area contributed by atoms with Crippen molar-refractivity contribution < 1.29 is 5.11 Å². The predicted molar refractivity (Wildman–Crippen MR) is 123 cm³/mol. The van der Waals surface area contributed by atoms with Crippen LogP contribution in [0.2, 0.25) is 0 Å². The van der Waals surface area contributed by atoms with Gasteiger partial charge in [0.05, 0.1) is 17.8 Å². The van der Waals surface area contributed by atoms with E-state index in [2.05, 4.69) is 17.9 Å². The maximum Gasteiger partial charge on any atom is 0.265 e. The summed E-state index contributed by atoms with van der Waals surface area (Å²) >= 11 is 0. The van der Waals surface area contributed by atoms with Gasteiger partial charge in [-0.25, -0.2) is 4.57 Å². The topological polar surface area (TPSA) is 57.8 Å². The van der Waals surface area contributed by atoms with Crippen LogP contribution in [0.3, 0.4) is 0 Å². The fourth-order valence-corrected chi connectivity index (χ4v) is 4.59. The van der Waals surface area contributed by atoms with Crippen molar-refractivity contribution in [1.29, 1.82) is 0 Å². The lowest BCUT2D eigenvalue weighted by atomic mass is 10.1. The lowest BCUT2D eigenvalue weighted by Crippen LogP contribution is -2.31. The van der Waals surface area contributed by atoms with Gasteiger partial charge in [-0.2, -0.15) is 0 Å². The molecule has 0 spiro atoms. The van der Waals surface area contributed by atoms with Gasteiger partial charge in [-0.1, -0.05) is 31.2 Å². The highest BCUT2D eigenvalue weighted by atomic mass is 16.3. The third-order valence-corrected chi connectivity index (χ3v) is 6.01. The number of pyridine rings is 1. The largest absolute Gasteiger partial charge is 0.494 e. The van der Waals surface area contributed by atoms with Crippen LogP contribution >= 0.6 is 0 Å². The van der Waals surface area contributed by atoms with Crippen molar-refractivity contribution in [3.8, 4) is 11.6 Å². The van der Waals surface area contributed by atoms with Crippen molar-refractivity contribution >= 4 is 17.0 Å². The van der Waals surface area contributed by atoms with E-state index in [1.807, 2.05) is 50.2 Å². The number of hydrogen-bond donors (Lipinski definition) is 1. The monoisotopic (exact) mass is 403 g/mol. The number of aryl methyl sites for hydroxylation is 2. The van der Waals surface area contributed by atoms with Gasteiger partial charge >= 0.3 is 0 Å². The Balaban J connectivity index is 1.83. The van der Waals surface area contributed by atoms with Crippen molar-refractivity contribution in [2.45, 2.75) is 39.7 Å². The summed E-state index contributed by atoms with van der Waals surface area (Å²) in [7, 11) is 0. The highest BCUT2D eigenvalue weighted by Crippen LogP contribution is 2.27. The fourth-order valence-electron chi connectivity index (χ4n) is 4.59. The maximum atomic E-state index is 13.2. The van der Waals surface area contributed by atoms with Crippen LogP contribution in [-0.4, -0.2) is 46.5 Å². The molecular weight excluding hydrogens is 374 g/mol. The van der Waals surface area contributed by atoms with Crippen LogP contribution in [-0.2, 0) is 0 Å². The zero-order chi connectivity index (χ0) is 21.3. The minimum absolute atomic E-state index is 0.0637. The summed E-state index contributed by atoms with van der Waals surface area (Å²) in [4.78, 5) is 20.4. The molecule has 1 aliphatic heterocycles. The number of aliphatic imine (C=N–C) groups is 1. The van der Waals surface area contributed by atoms with E-state index in [1.165, 1.54) is 11.0 Å². The zero-order valence-corrected chi connectivity index (χ0v) is 17.9. The van der Waals surface area contributed by atoms with Crippen molar-refractivity contribution in [3.63, 3.8) is 0 Å². The summed E-state index contributed by atoms with van der Waals surface area (Å²) in [6, 6.07) is 13.8. The second kappa shape index (κ2) is 8.44. The first-order chi connectivity index (χ1) is 14.5. The molecule has 156 valence electrons. The van der Waals surface area contributed by atoms with Gasteiger partial charge in [-0.05, 0) is 69.1 Å². The number of hydrogen-bond acceptors (Lipinski definition) is 4. The second-order valence-electron chi connectivity index (χ2n) is 8.19. The number of nitrogens with zero attached hydrogens (tertiary/aromatic N) is 3. The molecule has 3 aromatic rings. The van der Waals surface area contributed by atoms with E-state index in [0.29, 0.717) is 29.2 Å². The maximum absolute atomic E-state index is 13.2. The van der Waals surface area contributed by atoms with Crippen LogP contribution < -0.4 is 5.56 Å². The normalized spacial score (nSPS) is 17.4. The quantitative estimate of drug-likeness (QED) is 0.649. The molecule has 2 heterocycles. The number of aromatic nitrogens is 1. The number of benzene rings is 2. The highest BCUT2D eigenvalue weighted by molar-refractivity contribution is 6.01. The zero-order valence-electron chi connectivity index (χ0n) is 17.9. The van der Waals surface area contributed by atoms with Crippen LogP contribution in [0.4, 0.5) is 0 Å². The molecule has 0 amide bonds. The molecule has 0 bridgehead atoms. The number of likely N-dealkylation sites (tertiary alicyclic amines) is 1. The van der Waals surface area contributed by atoms with Crippen molar-refractivity contribution in [2.75, 3.05) is 19.6 Å². The molecule has 1 unspecified atom stereocenters. The molecule has 0 radical (unpaired) electrons. The predicted octanol–water partition coefficient (Wildman–Crippen LogP) is 4.22. The van der Waals surface area contributed by atoms with Gasteiger partial charge in [0.1, 0.15) is 0 Å². The molecular formula is C25H29N3O2. The Hall–Kier alpha value is -2.92. The van der Waals surface area contributed by atoms with Crippen LogP contribution in [0.15, 0.2) is 52.3 Å². The Bertz CT molecular complexity index is 1140. The number of fused-ring (bicyclic) bond motifs is 1. The SMILES string of the molecule is CCN1CCCC1CN=Cc1c(O)n(-c2cc(C)cc(C)c2)c(=O)c2ccccc12. The van der Waals surface area contributed by atoms with Crippen molar-refractivity contribution in [3.05, 3.63) is 69.5 Å². The molecule has 1 saturated heterocycles.